The predicted molar refractivity (Wildman–Crippen MR) is 139 cm³/mol. The lowest BCUT2D eigenvalue weighted by Crippen LogP contribution is -2.44. The van der Waals surface area contributed by atoms with Gasteiger partial charge in [-0.2, -0.15) is 11.8 Å². The maximum absolute atomic E-state index is 13.1. The third kappa shape index (κ3) is 5.37. The number of para-hydroxylation sites is 2. The molecule has 2 N–H and O–H groups in total. The fourth-order valence-electron chi connectivity index (χ4n) is 4.13. The van der Waals surface area contributed by atoms with Crippen LogP contribution in [0.1, 0.15) is 22.3 Å². The Morgan fingerprint density at radius 2 is 1.76 bits per heavy atom. The molecule has 4 rings (SSSR count). The highest BCUT2D eigenvalue weighted by Gasteiger charge is 2.23. The first-order valence-corrected chi connectivity index (χ1v) is 12.7. The lowest BCUT2D eigenvalue weighted by molar-refractivity contribution is -0.118. The number of carbonyl (C=O) groups is 2. The van der Waals surface area contributed by atoms with Crippen molar-refractivity contribution in [2.24, 2.45) is 0 Å². The SMILES string of the molecule is COc1ccccc1C(=O)NC(CCSC)C(=O)Nc1ccc(N2CCc3ccccc32)cc1. The van der Waals surface area contributed by atoms with Gasteiger partial charge in [-0.25, -0.2) is 0 Å². The number of nitrogens with one attached hydrogen (secondary N) is 2. The Morgan fingerprint density at radius 3 is 2.53 bits per heavy atom. The van der Waals surface area contributed by atoms with Crippen LogP contribution >= 0.6 is 11.8 Å². The van der Waals surface area contributed by atoms with Crippen LogP contribution in [0.25, 0.3) is 0 Å². The van der Waals surface area contributed by atoms with Crippen LogP contribution in [0, 0.1) is 0 Å². The topological polar surface area (TPSA) is 70.7 Å². The molecule has 0 saturated carbocycles. The molecule has 0 saturated heterocycles. The molecule has 1 aliphatic rings. The molecular weight excluding hydrogens is 446 g/mol. The quantitative estimate of drug-likeness (QED) is 0.462. The third-order valence-corrected chi connectivity index (χ3v) is 6.56. The normalized spacial score (nSPS) is 13.2. The maximum atomic E-state index is 13.1. The summed E-state index contributed by atoms with van der Waals surface area (Å²) in [6.07, 6.45) is 3.53. The molecule has 3 aromatic carbocycles. The number of carbonyl (C=O) groups excluding carboxylic acids is 2. The summed E-state index contributed by atoms with van der Waals surface area (Å²) in [6, 6.07) is 22.6. The minimum Gasteiger partial charge on any atom is -0.496 e. The first-order chi connectivity index (χ1) is 16.6. The molecule has 0 aliphatic carbocycles. The lowest BCUT2D eigenvalue weighted by atomic mass is 10.1. The number of methoxy groups -OCH3 is 1. The molecule has 0 radical (unpaired) electrons. The Labute approximate surface area is 204 Å². The largest absolute Gasteiger partial charge is 0.496 e. The lowest BCUT2D eigenvalue weighted by Gasteiger charge is -2.21. The van der Waals surface area contributed by atoms with E-state index in [0.29, 0.717) is 23.4 Å². The van der Waals surface area contributed by atoms with Crippen molar-refractivity contribution < 1.29 is 14.3 Å². The highest BCUT2D eigenvalue weighted by Crippen LogP contribution is 2.34. The van der Waals surface area contributed by atoms with Crippen molar-refractivity contribution in [1.82, 2.24) is 5.32 Å². The summed E-state index contributed by atoms with van der Waals surface area (Å²) in [4.78, 5) is 28.2. The fraction of sp³-hybridized carbons (Fsp3) is 0.259. The second-order valence-corrected chi connectivity index (χ2v) is 9.06. The van der Waals surface area contributed by atoms with Crippen molar-refractivity contribution >= 4 is 40.6 Å². The summed E-state index contributed by atoms with van der Waals surface area (Å²) in [7, 11) is 1.52. The van der Waals surface area contributed by atoms with Gasteiger partial charge in [-0.05, 0) is 72.9 Å². The van der Waals surface area contributed by atoms with E-state index in [2.05, 4.69) is 39.8 Å². The zero-order valence-corrected chi connectivity index (χ0v) is 20.2. The number of ether oxygens (including phenoxy) is 1. The van der Waals surface area contributed by atoms with Gasteiger partial charge in [0.1, 0.15) is 11.8 Å². The Balaban J connectivity index is 1.44. The standard InChI is InChI=1S/C27H29N3O3S/c1-33-25-10-6-4-8-22(25)26(31)29-23(16-18-34-2)27(32)28-20-11-13-21(14-12-20)30-17-15-19-7-3-5-9-24(19)30/h3-14,23H,15-18H2,1-2H3,(H,28,32)(H,29,31). The average molecular weight is 476 g/mol. The van der Waals surface area contributed by atoms with Crippen LogP contribution in [-0.2, 0) is 11.2 Å². The Kier molecular flexibility index (Phi) is 7.75. The maximum Gasteiger partial charge on any atom is 0.255 e. The molecule has 7 heteroatoms. The number of nitrogens with zero attached hydrogens (tertiary/aromatic N) is 1. The van der Waals surface area contributed by atoms with Gasteiger partial charge >= 0.3 is 0 Å². The van der Waals surface area contributed by atoms with Crippen LogP contribution in [0.15, 0.2) is 72.8 Å². The summed E-state index contributed by atoms with van der Waals surface area (Å²) in [5.74, 6) is 0.652. The average Bonchev–Trinajstić information content (AvgIpc) is 3.31. The van der Waals surface area contributed by atoms with Crippen molar-refractivity contribution in [2.45, 2.75) is 18.9 Å². The molecule has 176 valence electrons. The van der Waals surface area contributed by atoms with Gasteiger partial charge in [0.2, 0.25) is 5.91 Å². The van der Waals surface area contributed by atoms with E-state index in [0.717, 1.165) is 24.4 Å². The van der Waals surface area contributed by atoms with Crippen LogP contribution < -0.4 is 20.3 Å². The molecule has 1 aliphatic heterocycles. The number of hydrogen-bond acceptors (Lipinski definition) is 5. The minimum absolute atomic E-state index is 0.239. The number of thioether (sulfide) groups is 1. The zero-order valence-electron chi connectivity index (χ0n) is 19.4. The first kappa shape index (κ1) is 23.7. The number of anilines is 3. The first-order valence-electron chi connectivity index (χ1n) is 11.3. The molecule has 1 atom stereocenters. The monoisotopic (exact) mass is 475 g/mol. The minimum atomic E-state index is -0.657. The molecule has 0 aromatic heterocycles. The summed E-state index contributed by atoms with van der Waals surface area (Å²) in [5.41, 5.74) is 4.77. The molecule has 0 spiro atoms. The van der Waals surface area contributed by atoms with E-state index in [4.69, 9.17) is 4.74 Å². The molecule has 2 amide bonds. The number of hydrogen-bond donors (Lipinski definition) is 2. The summed E-state index contributed by atoms with van der Waals surface area (Å²) in [6.45, 7) is 0.941. The van der Waals surface area contributed by atoms with E-state index in [9.17, 15) is 9.59 Å². The van der Waals surface area contributed by atoms with E-state index in [1.165, 1.54) is 18.4 Å². The van der Waals surface area contributed by atoms with Gasteiger partial charge in [0.25, 0.3) is 5.91 Å². The van der Waals surface area contributed by atoms with Crippen molar-refractivity contribution in [3.8, 4) is 5.75 Å². The Bertz CT molecular complexity index is 1150. The zero-order chi connectivity index (χ0) is 23.9. The van der Waals surface area contributed by atoms with Crippen LogP contribution in [0.2, 0.25) is 0 Å². The Morgan fingerprint density at radius 1 is 1.03 bits per heavy atom. The van der Waals surface area contributed by atoms with Crippen LogP contribution in [0.4, 0.5) is 17.1 Å². The van der Waals surface area contributed by atoms with Crippen molar-refractivity contribution in [1.29, 1.82) is 0 Å². The summed E-state index contributed by atoms with van der Waals surface area (Å²) < 4.78 is 5.29. The van der Waals surface area contributed by atoms with Crippen molar-refractivity contribution in [2.75, 3.05) is 35.9 Å². The molecule has 1 heterocycles. The Hall–Kier alpha value is -3.45. The number of fused-ring (bicyclic) bond motifs is 1. The van der Waals surface area contributed by atoms with E-state index in [1.54, 1.807) is 36.0 Å². The number of amides is 2. The van der Waals surface area contributed by atoms with E-state index >= 15 is 0 Å². The summed E-state index contributed by atoms with van der Waals surface area (Å²) >= 11 is 1.63. The van der Waals surface area contributed by atoms with Gasteiger partial charge in [-0.1, -0.05) is 30.3 Å². The van der Waals surface area contributed by atoms with Gasteiger partial charge in [0.05, 0.1) is 12.7 Å². The highest BCUT2D eigenvalue weighted by molar-refractivity contribution is 7.98. The smallest absolute Gasteiger partial charge is 0.255 e. The van der Waals surface area contributed by atoms with E-state index in [-0.39, 0.29) is 11.8 Å². The predicted octanol–water partition coefficient (Wildman–Crippen LogP) is 4.88. The van der Waals surface area contributed by atoms with Gasteiger partial charge in [-0.3, -0.25) is 9.59 Å². The van der Waals surface area contributed by atoms with E-state index < -0.39 is 6.04 Å². The van der Waals surface area contributed by atoms with Gasteiger partial charge in [0.15, 0.2) is 0 Å². The van der Waals surface area contributed by atoms with Crippen LogP contribution in [0.5, 0.6) is 5.75 Å². The van der Waals surface area contributed by atoms with Crippen molar-refractivity contribution in [3.63, 3.8) is 0 Å². The van der Waals surface area contributed by atoms with Gasteiger partial charge in [0, 0.05) is 23.6 Å². The van der Waals surface area contributed by atoms with Gasteiger partial charge in [-0.15, -0.1) is 0 Å². The second-order valence-electron chi connectivity index (χ2n) is 8.07. The van der Waals surface area contributed by atoms with Crippen LogP contribution in [0.3, 0.4) is 0 Å². The molecule has 6 nitrogen and oxygen atoms in total. The van der Waals surface area contributed by atoms with Crippen LogP contribution in [-0.4, -0.2) is 43.5 Å². The molecular formula is C27H29N3O3S. The van der Waals surface area contributed by atoms with Gasteiger partial charge < -0.3 is 20.3 Å². The molecule has 0 fully saturated rings. The molecule has 3 aromatic rings. The number of rotatable bonds is 9. The van der Waals surface area contributed by atoms with Crippen molar-refractivity contribution in [3.05, 3.63) is 83.9 Å². The highest BCUT2D eigenvalue weighted by atomic mass is 32.2. The molecule has 0 bridgehead atoms. The summed E-state index contributed by atoms with van der Waals surface area (Å²) in [5, 5.41) is 5.84. The third-order valence-electron chi connectivity index (χ3n) is 5.92. The second kappa shape index (κ2) is 11.1. The molecule has 34 heavy (non-hydrogen) atoms. The van der Waals surface area contributed by atoms with E-state index in [1.807, 2.05) is 30.5 Å². The fourth-order valence-corrected chi connectivity index (χ4v) is 4.60. The molecule has 1 unspecified atom stereocenters. The number of benzene rings is 3.